The number of hydrogen-bond donors (Lipinski definition) is 0. The first-order chi connectivity index (χ1) is 13.3. The van der Waals surface area contributed by atoms with Crippen molar-refractivity contribution in [3.8, 4) is 11.1 Å². The van der Waals surface area contributed by atoms with Crippen molar-refractivity contribution in [1.29, 1.82) is 0 Å². The SMILES string of the molecule is CC1CCCN(C(=O)c2nc3c(C(F)(F)F)cc(-c4ccoc4)cn3c2Cl)C1. The number of likely N-dealkylation sites (tertiary alicyclic amines) is 1. The van der Waals surface area contributed by atoms with E-state index in [4.69, 9.17) is 16.0 Å². The quantitative estimate of drug-likeness (QED) is 0.586. The van der Waals surface area contributed by atoms with Gasteiger partial charge in [0.25, 0.3) is 5.91 Å². The molecule has 1 aliphatic rings. The molecule has 1 fully saturated rings. The van der Waals surface area contributed by atoms with Gasteiger partial charge in [-0.25, -0.2) is 4.98 Å². The number of hydrogen-bond acceptors (Lipinski definition) is 3. The maximum atomic E-state index is 13.7. The molecule has 1 saturated heterocycles. The van der Waals surface area contributed by atoms with Crippen LogP contribution in [0.2, 0.25) is 5.15 Å². The van der Waals surface area contributed by atoms with E-state index in [0.29, 0.717) is 24.6 Å². The van der Waals surface area contributed by atoms with Gasteiger partial charge in [-0.15, -0.1) is 0 Å². The minimum Gasteiger partial charge on any atom is -0.472 e. The Balaban J connectivity index is 1.86. The molecule has 0 radical (unpaired) electrons. The highest BCUT2D eigenvalue weighted by atomic mass is 35.5. The number of imidazole rings is 1. The molecular weight excluding hydrogens is 395 g/mol. The number of furan rings is 1. The van der Waals surface area contributed by atoms with Gasteiger partial charge in [-0.2, -0.15) is 13.2 Å². The summed E-state index contributed by atoms with van der Waals surface area (Å²) in [5.41, 5.74) is -0.781. The van der Waals surface area contributed by atoms with E-state index in [1.165, 1.54) is 18.7 Å². The summed E-state index contributed by atoms with van der Waals surface area (Å²) in [6.07, 6.45) is 1.34. The van der Waals surface area contributed by atoms with Crippen LogP contribution in [0, 0.1) is 5.92 Å². The molecule has 0 aromatic carbocycles. The number of aromatic nitrogens is 2. The van der Waals surface area contributed by atoms with Crippen molar-refractivity contribution >= 4 is 23.2 Å². The van der Waals surface area contributed by atoms with Gasteiger partial charge in [0.2, 0.25) is 0 Å². The third kappa shape index (κ3) is 3.26. The fourth-order valence-corrected chi connectivity index (χ4v) is 3.82. The number of piperidine rings is 1. The van der Waals surface area contributed by atoms with Gasteiger partial charge < -0.3 is 9.32 Å². The van der Waals surface area contributed by atoms with Crippen LogP contribution < -0.4 is 0 Å². The minimum absolute atomic E-state index is 0.130. The summed E-state index contributed by atoms with van der Waals surface area (Å²) >= 11 is 6.33. The zero-order valence-electron chi connectivity index (χ0n) is 15.0. The van der Waals surface area contributed by atoms with Crippen molar-refractivity contribution in [3.05, 3.63) is 47.3 Å². The van der Waals surface area contributed by atoms with E-state index in [2.05, 4.69) is 4.98 Å². The van der Waals surface area contributed by atoms with Crippen LogP contribution in [-0.4, -0.2) is 33.3 Å². The Morgan fingerprint density at radius 3 is 2.79 bits per heavy atom. The van der Waals surface area contributed by atoms with Crippen LogP contribution in [0.25, 0.3) is 16.8 Å². The standard InChI is InChI=1S/C19H17ClF3N3O2/c1-11-3-2-5-25(8-11)18(27)15-16(20)26-9-13(12-4-6-28-10-12)7-14(17(26)24-15)19(21,22)23/h4,6-7,9-11H,2-3,5,8H2,1H3. The smallest absolute Gasteiger partial charge is 0.420 e. The van der Waals surface area contributed by atoms with Crippen LogP contribution in [0.5, 0.6) is 0 Å². The fraction of sp³-hybridized carbons (Fsp3) is 0.368. The van der Waals surface area contributed by atoms with Crippen molar-refractivity contribution in [2.45, 2.75) is 25.9 Å². The predicted molar refractivity (Wildman–Crippen MR) is 97.2 cm³/mol. The first kappa shape index (κ1) is 18.9. The van der Waals surface area contributed by atoms with E-state index in [1.807, 2.05) is 6.92 Å². The van der Waals surface area contributed by atoms with E-state index >= 15 is 0 Å². The van der Waals surface area contributed by atoms with Gasteiger partial charge in [-0.1, -0.05) is 18.5 Å². The number of carbonyl (C=O) groups is 1. The maximum Gasteiger partial charge on any atom is 0.420 e. The lowest BCUT2D eigenvalue weighted by atomic mass is 10.0. The average molecular weight is 412 g/mol. The highest BCUT2D eigenvalue weighted by Gasteiger charge is 2.36. The lowest BCUT2D eigenvalue weighted by molar-refractivity contribution is -0.136. The fourth-order valence-electron chi connectivity index (χ4n) is 3.57. The zero-order valence-corrected chi connectivity index (χ0v) is 15.7. The molecule has 9 heteroatoms. The molecule has 4 heterocycles. The highest BCUT2D eigenvalue weighted by Crippen LogP contribution is 2.37. The van der Waals surface area contributed by atoms with Crippen molar-refractivity contribution in [1.82, 2.24) is 14.3 Å². The summed E-state index contributed by atoms with van der Waals surface area (Å²) in [6, 6.07) is 2.54. The van der Waals surface area contributed by atoms with E-state index in [1.54, 1.807) is 11.0 Å². The Labute approximate surface area is 163 Å². The topological polar surface area (TPSA) is 50.8 Å². The Hall–Kier alpha value is -2.48. The van der Waals surface area contributed by atoms with Crippen LogP contribution in [0.4, 0.5) is 13.2 Å². The molecule has 3 aromatic heterocycles. The van der Waals surface area contributed by atoms with Crippen LogP contribution in [0.3, 0.4) is 0 Å². The molecule has 5 nitrogen and oxygen atoms in total. The summed E-state index contributed by atoms with van der Waals surface area (Å²) < 4.78 is 47.1. The molecule has 0 N–H and O–H groups in total. The molecule has 3 aromatic rings. The minimum atomic E-state index is -4.66. The van der Waals surface area contributed by atoms with Crippen LogP contribution in [-0.2, 0) is 6.18 Å². The van der Waals surface area contributed by atoms with Crippen molar-refractivity contribution in [3.63, 3.8) is 0 Å². The molecule has 28 heavy (non-hydrogen) atoms. The van der Waals surface area contributed by atoms with Gasteiger partial charge in [0.15, 0.2) is 11.3 Å². The third-order valence-corrected chi connectivity index (χ3v) is 5.33. The number of fused-ring (bicyclic) bond motifs is 1. The molecule has 148 valence electrons. The molecule has 0 saturated carbocycles. The monoisotopic (exact) mass is 411 g/mol. The molecule has 1 amide bonds. The number of pyridine rings is 1. The Bertz CT molecular complexity index is 1030. The lowest BCUT2D eigenvalue weighted by Gasteiger charge is -2.30. The van der Waals surface area contributed by atoms with Crippen LogP contribution in [0.15, 0.2) is 35.3 Å². The van der Waals surface area contributed by atoms with Gasteiger partial charge in [0.05, 0.1) is 18.1 Å². The van der Waals surface area contributed by atoms with E-state index in [9.17, 15) is 18.0 Å². The van der Waals surface area contributed by atoms with E-state index in [-0.39, 0.29) is 16.4 Å². The molecule has 1 aliphatic heterocycles. The highest BCUT2D eigenvalue weighted by molar-refractivity contribution is 6.33. The number of amides is 1. The molecule has 1 unspecified atom stereocenters. The second kappa shape index (κ2) is 6.84. The van der Waals surface area contributed by atoms with Crippen LogP contribution >= 0.6 is 11.6 Å². The largest absolute Gasteiger partial charge is 0.472 e. The van der Waals surface area contributed by atoms with Crippen molar-refractivity contribution in [2.75, 3.05) is 13.1 Å². The van der Waals surface area contributed by atoms with Crippen molar-refractivity contribution in [2.24, 2.45) is 5.92 Å². The number of rotatable bonds is 2. The molecule has 0 aliphatic carbocycles. The Morgan fingerprint density at radius 2 is 2.14 bits per heavy atom. The molecule has 0 bridgehead atoms. The third-order valence-electron chi connectivity index (χ3n) is 4.97. The Kier molecular flexibility index (Phi) is 4.61. The molecule has 4 rings (SSSR count). The van der Waals surface area contributed by atoms with Gasteiger partial charge in [-0.3, -0.25) is 9.20 Å². The van der Waals surface area contributed by atoms with Gasteiger partial charge in [0, 0.05) is 30.4 Å². The van der Waals surface area contributed by atoms with E-state index < -0.39 is 23.3 Å². The van der Waals surface area contributed by atoms with Gasteiger partial charge in [-0.05, 0) is 30.9 Å². The second-order valence-corrected chi connectivity index (χ2v) is 7.45. The summed E-state index contributed by atoms with van der Waals surface area (Å²) in [4.78, 5) is 18.5. The number of carbonyl (C=O) groups excluding carboxylic acids is 1. The zero-order chi connectivity index (χ0) is 20.1. The Morgan fingerprint density at radius 1 is 1.36 bits per heavy atom. The van der Waals surface area contributed by atoms with E-state index in [0.717, 1.165) is 23.3 Å². The molecule has 1 atom stereocenters. The van der Waals surface area contributed by atoms with Gasteiger partial charge >= 0.3 is 6.18 Å². The summed E-state index contributed by atoms with van der Waals surface area (Å²) in [5.74, 6) is -0.120. The summed E-state index contributed by atoms with van der Waals surface area (Å²) in [7, 11) is 0. The first-order valence-electron chi connectivity index (χ1n) is 8.86. The molecule has 0 spiro atoms. The second-order valence-electron chi connectivity index (χ2n) is 7.10. The molecular formula is C19H17ClF3N3O2. The first-order valence-corrected chi connectivity index (χ1v) is 9.24. The summed E-state index contributed by atoms with van der Waals surface area (Å²) in [6.45, 7) is 3.11. The lowest BCUT2D eigenvalue weighted by Crippen LogP contribution is -2.39. The number of nitrogens with zero attached hydrogens (tertiary/aromatic N) is 3. The van der Waals surface area contributed by atoms with Crippen molar-refractivity contribution < 1.29 is 22.4 Å². The van der Waals surface area contributed by atoms with Crippen LogP contribution in [0.1, 0.15) is 35.8 Å². The predicted octanol–water partition coefficient (Wildman–Crippen LogP) is 5.14. The van der Waals surface area contributed by atoms with Gasteiger partial charge in [0.1, 0.15) is 5.15 Å². The summed E-state index contributed by atoms with van der Waals surface area (Å²) in [5, 5.41) is -0.130. The normalized spacial score (nSPS) is 18.0. The average Bonchev–Trinajstić information content (AvgIpc) is 3.28. The number of halogens is 4. The maximum absolute atomic E-state index is 13.7. The number of alkyl halides is 3.